The normalized spacial score (nSPS) is 28.7. The summed E-state index contributed by atoms with van der Waals surface area (Å²) in [5, 5.41) is 0. The largest absolute Gasteiger partial charge is 0.379 e. The zero-order chi connectivity index (χ0) is 15.4. The first kappa shape index (κ1) is 15.9. The van der Waals surface area contributed by atoms with E-state index in [0.717, 1.165) is 18.7 Å². The van der Waals surface area contributed by atoms with Gasteiger partial charge in [-0.2, -0.15) is 0 Å². The van der Waals surface area contributed by atoms with Crippen molar-refractivity contribution in [3.05, 3.63) is 35.9 Å². The molecule has 2 atom stereocenters. The van der Waals surface area contributed by atoms with Gasteiger partial charge in [0.05, 0.1) is 38.2 Å². The van der Waals surface area contributed by atoms with Crippen molar-refractivity contribution in [1.29, 1.82) is 0 Å². The molecule has 0 radical (unpaired) electrons. The molecule has 6 nitrogen and oxygen atoms in total. The van der Waals surface area contributed by atoms with Crippen LogP contribution in [0.3, 0.4) is 0 Å². The number of sulfonamides is 1. The molecule has 7 heteroatoms. The van der Waals surface area contributed by atoms with Gasteiger partial charge < -0.3 is 9.47 Å². The number of hydrogen-bond acceptors (Lipinski definition) is 5. The van der Waals surface area contributed by atoms with Crippen LogP contribution in [0.1, 0.15) is 5.56 Å². The molecule has 22 heavy (non-hydrogen) atoms. The SMILES string of the molecule is O=S1(=O)C[C@H](N2CCOCC2)[C@@H](COCc2ccccc2)N1. The Morgan fingerprint density at radius 1 is 1.23 bits per heavy atom. The highest BCUT2D eigenvalue weighted by Crippen LogP contribution is 2.18. The molecular weight excluding hydrogens is 304 g/mol. The summed E-state index contributed by atoms with van der Waals surface area (Å²) < 4.78 is 37.6. The number of benzene rings is 1. The molecule has 2 saturated heterocycles. The summed E-state index contributed by atoms with van der Waals surface area (Å²) in [5.74, 6) is 0.145. The maximum Gasteiger partial charge on any atom is 0.213 e. The average Bonchev–Trinajstić information content (AvgIpc) is 2.84. The van der Waals surface area contributed by atoms with Crippen LogP contribution in [0.25, 0.3) is 0 Å². The molecule has 1 aromatic carbocycles. The standard InChI is InChI=1S/C15H22N2O4S/c18-22(19)12-15(17-6-8-20-9-7-17)14(16-22)11-21-10-13-4-2-1-3-5-13/h1-5,14-16H,6-12H2/t14-,15+/m1/s1. The van der Waals surface area contributed by atoms with Gasteiger partial charge in [0.25, 0.3) is 0 Å². The Hall–Kier alpha value is -0.990. The van der Waals surface area contributed by atoms with Gasteiger partial charge in [-0.25, -0.2) is 13.1 Å². The second-order valence-electron chi connectivity index (χ2n) is 5.72. The highest BCUT2D eigenvalue weighted by molar-refractivity contribution is 7.89. The zero-order valence-corrected chi connectivity index (χ0v) is 13.3. The number of rotatable bonds is 5. The molecule has 0 aromatic heterocycles. The van der Waals surface area contributed by atoms with Crippen LogP contribution in [0, 0.1) is 0 Å². The number of hydrogen-bond donors (Lipinski definition) is 1. The number of morpholine rings is 1. The van der Waals surface area contributed by atoms with Gasteiger partial charge in [0.1, 0.15) is 0 Å². The smallest absolute Gasteiger partial charge is 0.213 e. The zero-order valence-electron chi connectivity index (χ0n) is 12.5. The number of nitrogens with zero attached hydrogens (tertiary/aromatic N) is 1. The van der Waals surface area contributed by atoms with Gasteiger partial charge >= 0.3 is 0 Å². The highest BCUT2D eigenvalue weighted by Gasteiger charge is 2.40. The van der Waals surface area contributed by atoms with Crippen molar-refractivity contribution >= 4 is 10.0 Å². The molecule has 1 N–H and O–H groups in total. The molecule has 0 amide bonds. The summed E-state index contributed by atoms with van der Waals surface area (Å²) in [6.45, 7) is 3.75. The maximum atomic E-state index is 11.9. The first-order valence-electron chi connectivity index (χ1n) is 7.57. The fraction of sp³-hybridized carbons (Fsp3) is 0.600. The first-order valence-corrected chi connectivity index (χ1v) is 9.23. The van der Waals surface area contributed by atoms with Crippen LogP contribution in [0.5, 0.6) is 0 Å². The predicted molar refractivity (Wildman–Crippen MR) is 83.0 cm³/mol. The third-order valence-corrected chi connectivity index (χ3v) is 5.55. The highest BCUT2D eigenvalue weighted by atomic mass is 32.2. The Labute approximate surface area is 131 Å². The Kier molecular flexibility index (Phi) is 5.10. The quantitative estimate of drug-likeness (QED) is 0.837. The van der Waals surface area contributed by atoms with Crippen LogP contribution in [0.15, 0.2) is 30.3 Å². The Bertz CT molecular complexity index is 572. The fourth-order valence-corrected chi connectivity index (χ4v) is 4.67. The van der Waals surface area contributed by atoms with E-state index < -0.39 is 10.0 Å². The van der Waals surface area contributed by atoms with Crippen molar-refractivity contribution < 1.29 is 17.9 Å². The van der Waals surface area contributed by atoms with E-state index in [9.17, 15) is 8.42 Å². The van der Waals surface area contributed by atoms with Crippen LogP contribution in [-0.4, -0.2) is 64.1 Å². The molecule has 0 unspecified atom stereocenters. The van der Waals surface area contributed by atoms with Crippen molar-refractivity contribution in [2.24, 2.45) is 0 Å². The monoisotopic (exact) mass is 326 g/mol. The van der Waals surface area contributed by atoms with E-state index in [0.29, 0.717) is 26.4 Å². The van der Waals surface area contributed by atoms with Crippen LogP contribution in [-0.2, 0) is 26.1 Å². The summed E-state index contributed by atoms with van der Waals surface area (Å²) in [6, 6.07) is 9.66. The van der Waals surface area contributed by atoms with Crippen LogP contribution in [0.2, 0.25) is 0 Å². The molecule has 1 aromatic rings. The van der Waals surface area contributed by atoms with Gasteiger partial charge in [-0.1, -0.05) is 30.3 Å². The van der Waals surface area contributed by atoms with Crippen molar-refractivity contribution in [2.45, 2.75) is 18.7 Å². The van der Waals surface area contributed by atoms with Crippen LogP contribution >= 0.6 is 0 Å². The lowest BCUT2D eigenvalue weighted by molar-refractivity contribution is 0.00549. The molecular formula is C15H22N2O4S. The predicted octanol–water partition coefficient (Wildman–Crippen LogP) is 0.206. The second kappa shape index (κ2) is 7.06. The molecule has 122 valence electrons. The molecule has 2 aliphatic rings. The molecule has 3 rings (SSSR count). The van der Waals surface area contributed by atoms with E-state index in [1.807, 2.05) is 30.3 Å². The van der Waals surface area contributed by atoms with E-state index in [2.05, 4.69) is 9.62 Å². The lowest BCUT2D eigenvalue weighted by atomic mass is 10.1. The van der Waals surface area contributed by atoms with E-state index in [1.54, 1.807) is 0 Å². The lowest BCUT2D eigenvalue weighted by Gasteiger charge is -2.34. The third kappa shape index (κ3) is 4.05. The third-order valence-electron chi connectivity index (χ3n) is 4.11. The first-order chi connectivity index (χ1) is 10.6. The summed E-state index contributed by atoms with van der Waals surface area (Å²) >= 11 is 0. The van der Waals surface area contributed by atoms with Crippen molar-refractivity contribution in [3.63, 3.8) is 0 Å². The summed E-state index contributed by atoms with van der Waals surface area (Å²) in [5.41, 5.74) is 1.09. The van der Waals surface area contributed by atoms with Gasteiger partial charge in [-0.15, -0.1) is 0 Å². The Morgan fingerprint density at radius 2 is 1.95 bits per heavy atom. The average molecular weight is 326 g/mol. The summed E-state index contributed by atoms with van der Waals surface area (Å²) in [7, 11) is -3.20. The summed E-state index contributed by atoms with van der Waals surface area (Å²) in [6.07, 6.45) is 0. The van der Waals surface area contributed by atoms with Crippen LogP contribution < -0.4 is 4.72 Å². The second-order valence-corrected chi connectivity index (χ2v) is 7.52. The van der Waals surface area contributed by atoms with Gasteiger partial charge in [0.2, 0.25) is 10.0 Å². The summed E-state index contributed by atoms with van der Waals surface area (Å²) in [4.78, 5) is 2.19. The molecule has 2 aliphatic heterocycles. The lowest BCUT2D eigenvalue weighted by Crippen LogP contribution is -2.51. The Balaban J connectivity index is 1.57. The van der Waals surface area contributed by atoms with Crippen molar-refractivity contribution in [2.75, 3.05) is 38.7 Å². The van der Waals surface area contributed by atoms with Gasteiger partial charge in [-0.05, 0) is 5.56 Å². The van der Waals surface area contributed by atoms with Gasteiger partial charge in [0.15, 0.2) is 0 Å². The molecule has 2 fully saturated rings. The van der Waals surface area contributed by atoms with E-state index >= 15 is 0 Å². The molecule has 0 aliphatic carbocycles. The van der Waals surface area contributed by atoms with Gasteiger partial charge in [-0.3, -0.25) is 4.90 Å². The van der Waals surface area contributed by atoms with Gasteiger partial charge in [0, 0.05) is 19.1 Å². The minimum atomic E-state index is -3.20. The molecule has 0 saturated carbocycles. The van der Waals surface area contributed by atoms with E-state index in [1.165, 1.54) is 0 Å². The van der Waals surface area contributed by atoms with E-state index in [4.69, 9.17) is 9.47 Å². The molecule has 2 heterocycles. The molecule has 0 bridgehead atoms. The number of ether oxygens (including phenoxy) is 2. The number of nitrogens with one attached hydrogen (secondary N) is 1. The molecule has 0 spiro atoms. The fourth-order valence-electron chi connectivity index (χ4n) is 2.99. The maximum absolute atomic E-state index is 11.9. The van der Waals surface area contributed by atoms with Crippen molar-refractivity contribution in [3.8, 4) is 0 Å². The minimum absolute atomic E-state index is 0.0373. The topological polar surface area (TPSA) is 67.9 Å². The minimum Gasteiger partial charge on any atom is -0.379 e. The van der Waals surface area contributed by atoms with Crippen molar-refractivity contribution in [1.82, 2.24) is 9.62 Å². The van der Waals surface area contributed by atoms with E-state index in [-0.39, 0.29) is 17.8 Å². The Morgan fingerprint density at radius 3 is 2.68 bits per heavy atom. The van der Waals surface area contributed by atoms with Crippen LogP contribution in [0.4, 0.5) is 0 Å².